The van der Waals surface area contributed by atoms with Crippen LogP contribution in [0, 0.1) is 17.8 Å². The smallest absolute Gasteiger partial charge is 0.253 e. The summed E-state index contributed by atoms with van der Waals surface area (Å²) in [5, 5.41) is 4.35. The van der Waals surface area contributed by atoms with Crippen molar-refractivity contribution in [3.63, 3.8) is 0 Å². The number of carbonyl (C=O) groups is 1. The Kier molecular flexibility index (Phi) is 8.56. The number of nitrogens with one attached hydrogen (secondary N) is 1. The molecule has 1 amide bonds. The van der Waals surface area contributed by atoms with Crippen LogP contribution < -0.4 is 5.32 Å². The van der Waals surface area contributed by atoms with Gasteiger partial charge in [-0.25, -0.2) is 0 Å². The summed E-state index contributed by atoms with van der Waals surface area (Å²) in [6.45, 7) is 10.6. The third-order valence-corrected chi connectivity index (χ3v) is 7.72. The highest BCUT2D eigenvalue weighted by atomic mass is 32.2. The Hall–Kier alpha value is -3.01. The van der Waals surface area contributed by atoms with E-state index in [2.05, 4.69) is 73.3 Å². The van der Waals surface area contributed by atoms with Crippen molar-refractivity contribution in [1.29, 1.82) is 0 Å². The number of thioether (sulfide) groups is 1. The fraction of sp³-hybridized carbons (Fsp3) is 0.400. The van der Waals surface area contributed by atoms with E-state index >= 15 is 0 Å². The molecule has 2 heterocycles. The van der Waals surface area contributed by atoms with E-state index < -0.39 is 0 Å². The molecule has 1 saturated heterocycles. The van der Waals surface area contributed by atoms with Crippen molar-refractivity contribution in [2.45, 2.75) is 39.8 Å². The average Bonchev–Trinajstić information content (AvgIpc) is 3.39. The highest BCUT2D eigenvalue weighted by Gasteiger charge is 2.33. The maximum atomic E-state index is 12.9. The molecule has 0 bridgehead atoms. The minimum Gasteiger partial charge on any atom is -0.336 e. The van der Waals surface area contributed by atoms with Crippen molar-refractivity contribution in [3.8, 4) is 12.3 Å². The molecule has 1 aromatic rings. The average molecular weight is 501 g/mol. The lowest BCUT2D eigenvalue weighted by atomic mass is 9.88. The molecule has 6 heteroatoms. The third-order valence-electron chi connectivity index (χ3n) is 6.65. The number of allylic oxidation sites excluding steroid dienone is 7. The molecular weight excluding hydrogens is 464 g/mol. The molecule has 188 valence electrons. The van der Waals surface area contributed by atoms with Crippen LogP contribution in [0.2, 0.25) is 0 Å². The lowest BCUT2D eigenvalue weighted by Gasteiger charge is -2.30. The van der Waals surface area contributed by atoms with E-state index in [4.69, 9.17) is 11.4 Å². The van der Waals surface area contributed by atoms with Crippen molar-refractivity contribution >= 4 is 22.8 Å². The predicted molar refractivity (Wildman–Crippen MR) is 152 cm³/mol. The van der Waals surface area contributed by atoms with Crippen LogP contribution in [0.1, 0.15) is 43.1 Å². The van der Waals surface area contributed by atoms with Gasteiger partial charge in [-0.05, 0) is 47.3 Å². The summed E-state index contributed by atoms with van der Waals surface area (Å²) in [4.78, 5) is 22.3. The van der Waals surface area contributed by atoms with E-state index in [1.165, 1.54) is 5.57 Å². The number of amides is 1. The first-order valence-corrected chi connectivity index (χ1v) is 13.6. The number of carbonyl (C=O) groups excluding carboxylic acids is 1. The van der Waals surface area contributed by atoms with E-state index in [0.717, 1.165) is 60.3 Å². The summed E-state index contributed by atoms with van der Waals surface area (Å²) in [5.74, 6) is 3.65. The first-order valence-electron chi connectivity index (χ1n) is 12.6. The summed E-state index contributed by atoms with van der Waals surface area (Å²) in [6, 6.07) is 8.34. The normalized spacial score (nSPS) is 21.4. The molecule has 1 aliphatic carbocycles. The van der Waals surface area contributed by atoms with Gasteiger partial charge in [-0.1, -0.05) is 74.9 Å². The molecule has 0 spiro atoms. The van der Waals surface area contributed by atoms with Gasteiger partial charge in [0.2, 0.25) is 0 Å². The second kappa shape index (κ2) is 11.8. The number of piperazine rings is 1. The molecule has 1 fully saturated rings. The second-order valence-corrected chi connectivity index (χ2v) is 11.3. The number of rotatable bonds is 5. The maximum absolute atomic E-state index is 12.9. The van der Waals surface area contributed by atoms with Gasteiger partial charge in [0.05, 0.1) is 12.6 Å². The van der Waals surface area contributed by atoms with Crippen LogP contribution in [0.15, 0.2) is 77.0 Å². The lowest BCUT2D eigenvalue weighted by molar-refractivity contribution is 0.0736. The highest BCUT2D eigenvalue weighted by Crippen LogP contribution is 2.36. The Balaban J connectivity index is 1.61. The summed E-state index contributed by atoms with van der Waals surface area (Å²) >= 11 is 1.82. The summed E-state index contributed by atoms with van der Waals surface area (Å²) in [7, 11) is 0. The number of benzene rings is 1. The zero-order chi connectivity index (χ0) is 25.5. The van der Waals surface area contributed by atoms with E-state index in [-0.39, 0.29) is 17.4 Å². The van der Waals surface area contributed by atoms with Crippen molar-refractivity contribution < 1.29 is 4.79 Å². The fourth-order valence-electron chi connectivity index (χ4n) is 4.40. The quantitative estimate of drug-likeness (QED) is 0.578. The molecule has 0 radical (unpaired) electrons. The molecule has 36 heavy (non-hydrogen) atoms. The minimum absolute atomic E-state index is 0.106. The summed E-state index contributed by atoms with van der Waals surface area (Å²) in [5.41, 5.74) is 4.34. The Morgan fingerprint density at radius 3 is 2.69 bits per heavy atom. The number of nitrogens with zero attached hydrogens (tertiary/aromatic N) is 3. The first kappa shape index (κ1) is 26.1. The predicted octanol–water partition coefficient (Wildman–Crippen LogP) is 5.01. The molecule has 1 N–H and O–H groups in total. The van der Waals surface area contributed by atoms with Crippen molar-refractivity contribution in [2.75, 3.05) is 31.9 Å². The first-order chi connectivity index (χ1) is 17.4. The number of aliphatic imine (C=N–C) groups is 1. The SMILES string of the molecule is C#C/C=C\C=C1/CC=CC=C1N(Cc1ccc(C(=O)N2CCNCC2)cc1)C1=NC(C(C)(C)C)CS1. The van der Waals surface area contributed by atoms with Crippen molar-refractivity contribution in [1.82, 2.24) is 15.1 Å². The molecule has 0 aromatic heterocycles. The number of amidine groups is 1. The van der Waals surface area contributed by atoms with Crippen LogP contribution in [0.25, 0.3) is 0 Å². The Morgan fingerprint density at radius 1 is 1.28 bits per heavy atom. The number of terminal acetylenes is 1. The second-order valence-electron chi connectivity index (χ2n) is 10.3. The van der Waals surface area contributed by atoms with Crippen LogP contribution >= 0.6 is 11.8 Å². The number of hydrogen-bond acceptors (Lipinski definition) is 5. The summed E-state index contributed by atoms with van der Waals surface area (Å²) in [6.07, 6.45) is 18.4. The fourth-order valence-corrected chi connectivity index (χ4v) is 5.80. The lowest BCUT2D eigenvalue weighted by Crippen LogP contribution is -2.46. The van der Waals surface area contributed by atoms with Crippen LogP contribution in [0.4, 0.5) is 0 Å². The van der Waals surface area contributed by atoms with Gasteiger partial charge in [0.1, 0.15) is 0 Å². The minimum atomic E-state index is 0.106. The van der Waals surface area contributed by atoms with Gasteiger partial charge >= 0.3 is 0 Å². The van der Waals surface area contributed by atoms with E-state index in [1.54, 1.807) is 6.08 Å². The van der Waals surface area contributed by atoms with Gasteiger partial charge in [0.15, 0.2) is 5.17 Å². The van der Waals surface area contributed by atoms with Crippen LogP contribution in [0.5, 0.6) is 0 Å². The van der Waals surface area contributed by atoms with Gasteiger partial charge in [0.25, 0.3) is 5.91 Å². The van der Waals surface area contributed by atoms with E-state index in [0.29, 0.717) is 6.54 Å². The molecule has 3 aliphatic rings. The molecular formula is C30H36N4OS. The van der Waals surface area contributed by atoms with E-state index in [1.807, 2.05) is 34.9 Å². The Bertz CT molecular complexity index is 1140. The van der Waals surface area contributed by atoms with Crippen LogP contribution in [-0.4, -0.2) is 58.8 Å². The molecule has 4 rings (SSSR count). The van der Waals surface area contributed by atoms with Gasteiger partial charge < -0.3 is 15.1 Å². The van der Waals surface area contributed by atoms with Gasteiger partial charge in [-0.15, -0.1) is 6.42 Å². The van der Waals surface area contributed by atoms with Crippen LogP contribution in [0.3, 0.4) is 0 Å². The molecule has 1 unspecified atom stereocenters. The summed E-state index contributed by atoms with van der Waals surface area (Å²) < 4.78 is 0. The zero-order valence-corrected chi connectivity index (χ0v) is 22.4. The largest absolute Gasteiger partial charge is 0.336 e. The third kappa shape index (κ3) is 6.40. The highest BCUT2D eigenvalue weighted by molar-refractivity contribution is 8.14. The standard InChI is InChI=1S/C30H36N4OS/c1-5-6-7-10-24-11-8-9-12-26(24)34(29-32-27(22-36-29)30(2,3)4)21-23-13-15-25(16-14-23)28(35)33-19-17-31-18-20-33/h1,6-10,12-16,27,31H,11,17-22H2,2-4H3/b7-6-,24-10+. The van der Waals surface area contributed by atoms with Gasteiger partial charge in [0, 0.05) is 43.2 Å². The molecule has 5 nitrogen and oxygen atoms in total. The Labute approximate surface area is 220 Å². The van der Waals surface area contributed by atoms with Crippen LogP contribution in [-0.2, 0) is 6.54 Å². The van der Waals surface area contributed by atoms with E-state index in [9.17, 15) is 4.79 Å². The monoisotopic (exact) mass is 500 g/mol. The molecule has 2 aliphatic heterocycles. The van der Waals surface area contributed by atoms with Crippen molar-refractivity contribution in [2.24, 2.45) is 10.4 Å². The topological polar surface area (TPSA) is 47.9 Å². The molecule has 1 atom stereocenters. The van der Waals surface area contributed by atoms with Gasteiger partial charge in [-0.3, -0.25) is 9.79 Å². The zero-order valence-electron chi connectivity index (χ0n) is 21.5. The Morgan fingerprint density at radius 2 is 2.03 bits per heavy atom. The van der Waals surface area contributed by atoms with Crippen molar-refractivity contribution in [3.05, 3.63) is 83.1 Å². The molecule has 0 saturated carbocycles. The molecule has 1 aromatic carbocycles. The van der Waals surface area contributed by atoms with Gasteiger partial charge in [-0.2, -0.15) is 0 Å². The number of hydrogen-bond donors (Lipinski definition) is 1. The maximum Gasteiger partial charge on any atom is 0.253 e.